The summed E-state index contributed by atoms with van der Waals surface area (Å²) in [5.74, 6) is 0.419. The molecule has 3 rings (SSSR count). The standard InChI is InChI=1S/C13H14N2O2S/c1-17-12(16)9-4-8(5-9)7-2-3-11-10(6-7)15-13(14)18-11/h2-3,6,8-9H,4-5H2,1H3,(H2,14,15). The molecule has 0 unspecified atom stereocenters. The number of thiazole rings is 1. The second kappa shape index (κ2) is 4.24. The number of rotatable bonds is 2. The average molecular weight is 262 g/mol. The summed E-state index contributed by atoms with van der Waals surface area (Å²) in [6, 6.07) is 6.25. The maximum Gasteiger partial charge on any atom is 0.308 e. The summed E-state index contributed by atoms with van der Waals surface area (Å²) in [4.78, 5) is 15.6. The van der Waals surface area contributed by atoms with Crippen LogP contribution >= 0.6 is 11.3 Å². The number of nitrogen functional groups attached to an aromatic ring is 1. The van der Waals surface area contributed by atoms with Gasteiger partial charge in [0.25, 0.3) is 0 Å². The number of carbonyl (C=O) groups excluding carboxylic acids is 1. The van der Waals surface area contributed by atoms with E-state index in [1.165, 1.54) is 24.0 Å². The predicted octanol–water partition coefficient (Wildman–Crippen LogP) is 2.55. The van der Waals surface area contributed by atoms with E-state index in [1.54, 1.807) is 0 Å². The number of hydrogen-bond donors (Lipinski definition) is 1. The Bertz CT molecular complexity index is 602. The molecule has 1 aliphatic rings. The molecule has 18 heavy (non-hydrogen) atoms. The Morgan fingerprint density at radius 2 is 2.28 bits per heavy atom. The molecular formula is C13H14N2O2S. The van der Waals surface area contributed by atoms with Gasteiger partial charge in [-0.05, 0) is 36.5 Å². The smallest absolute Gasteiger partial charge is 0.308 e. The molecule has 5 heteroatoms. The minimum Gasteiger partial charge on any atom is -0.469 e. The zero-order chi connectivity index (χ0) is 12.7. The summed E-state index contributed by atoms with van der Waals surface area (Å²) in [5, 5.41) is 0.600. The fraction of sp³-hybridized carbons (Fsp3) is 0.385. The SMILES string of the molecule is COC(=O)C1CC(c2ccc3sc(N)nc3c2)C1. The number of methoxy groups -OCH3 is 1. The van der Waals surface area contributed by atoms with Crippen molar-refractivity contribution in [2.45, 2.75) is 18.8 Å². The summed E-state index contributed by atoms with van der Waals surface area (Å²) >= 11 is 1.50. The van der Waals surface area contributed by atoms with E-state index in [1.807, 2.05) is 0 Å². The largest absolute Gasteiger partial charge is 0.469 e. The highest BCUT2D eigenvalue weighted by atomic mass is 32.1. The van der Waals surface area contributed by atoms with Crippen LogP contribution in [0.5, 0.6) is 0 Å². The summed E-state index contributed by atoms with van der Waals surface area (Å²) in [6.45, 7) is 0. The van der Waals surface area contributed by atoms with Crippen molar-refractivity contribution in [3.8, 4) is 0 Å². The maximum atomic E-state index is 11.3. The molecule has 1 aliphatic carbocycles. The molecule has 1 aromatic carbocycles. The van der Waals surface area contributed by atoms with E-state index < -0.39 is 0 Å². The number of carbonyl (C=O) groups is 1. The third-order valence-electron chi connectivity index (χ3n) is 3.57. The first-order valence-corrected chi connectivity index (χ1v) is 6.73. The maximum absolute atomic E-state index is 11.3. The Morgan fingerprint density at radius 3 is 3.00 bits per heavy atom. The lowest BCUT2D eigenvalue weighted by Gasteiger charge is -2.33. The number of anilines is 1. The van der Waals surface area contributed by atoms with Gasteiger partial charge in [0, 0.05) is 0 Å². The minimum atomic E-state index is -0.0924. The van der Waals surface area contributed by atoms with Crippen molar-refractivity contribution < 1.29 is 9.53 Å². The highest BCUT2D eigenvalue weighted by Gasteiger charge is 2.36. The normalized spacial score (nSPS) is 22.7. The molecule has 0 radical (unpaired) electrons. The van der Waals surface area contributed by atoms with Crippen LogP contribution in [0.4, 0.5) is 5.13 Å². The molecule has 1 heterocycles. The van der Waals surface area contributed by atoms with Gasteiger partial charge in [-0.15, -0.1) is 0 Å². The van der Waals surface area contributed by atoms with Crippen molar-refractivity contribution in [1.82, 2.24) is 4.98 Å². The fourth-order valence-electron chi connectivity index (χ4n) is 2.47. The van der Waals surface area contributed by atoms with Gasteiger partial charge in [0.15, 0.2) is 5.13 Å². The van der Waals surface area contributed by atoms with Crippen LogP contribution in [0.2, 0.25) is 0 Å². The van der Waals surface area contributed by atoms with E-state index in [2.05, 4.69) is 23.2 Å². The fourth-order valence-corrected chi connectivity index (χ4v) is 3.18. The zero-order valence-corrected chi connectivity index (χ0v) is 10.9. The molecule has 0 atom stereocenters. The number of benzene rings is 1. The third-order valence-corrected chi connectivity index (χ3v) is 4.44. The molecule has 94 valence electrons. The van der Waals surface area contributed by atoms with Gasteiger partial charge in [0.1, 0.15) is 0 Å². The summed E-state index contributed by atoms with van der Waals surface area (Å²) in [6.07, 6.45) is 1.75. The van der Waals surface area contributed by atoms with Crippen molar-refractivity contribution in [1.29, 1.82) is 0 Å². The Morgan fingerprint density at radius 1 is 1.50 bits per heavy atom. The molecule has 0 bridgehead atoms. The van der Waals surface area contributed by atoms with Crippen molar-refractivity contribution in [3.63, 3.8) is 0 Å². The van der Waals surface area contributed by atoms with E-state index >= 15 is 0 Å². The summed E-state index contributed by atoms with van der Waals surface area (Å²) in [5.41, 5.74) is 7.89. The van der Waals surface area contributed by atoms with E-state index in [4.69, 9.17) is 10.5 Å². The molecule has 0 amide bonds. The number of fused-ring (bicyclic) bond motifs is 1. The van der Waals surface area contributed by atoms with E-state index in [0.717, 1.165) is 23.1 Å². The van der Waals surface area contributed by atoms with Crippen LogP contribution in [-0.4, -0.2) is 18.1 Å². The number of nitrogens with zero attached hydrogens (tertiary/aromatic N) is 1. The molecule has 4 nitrogen and oxygen atoms in total. The van der Waals surface area contributed by atoms with Gasteiger partial charge >= 0.3 is 5.97 Å². The predicted molar refractivity (Wildman–Crippen MR) is 71.5 cm³/mol. The van der Waals surface area contributed by atoms with Gasteiger partial charge < -0.3 is 10.5 Å². The number of esters is 1. The van der Waals surface area contributed by atoms with Crippen molar-refractivity contribution >= 4 is 32.7 Å². The average Bonchev–Trinajstić information content (AvgIpc) is 2.66. The van der Waals surface area contributed by atoms with Crippen LogP contribution in [0.3, 0.4) is 0 Å². The van der Waals surface area contributed by atoms with Gasteiger partial charge in [-0.25, -0.2) is 4.98 Å². The van der Waals surface area contributed by atoms with E-state index in [9.17, 15) is 4.79 Å². The topological polar surface area (TPSA) is 65.2 Å². The molecule has 1 fully saturated rings. The molecule has 2 N–H and O–H groups in total. The van der Waals surface area contributed by atoms with Crippen LogP contribution in [-0.2, 0) is 9.53 Å². The second-order valence-electron chi connectivity index (χ2n) is 4.67. The third kappa shape index (κ3) is 1.84. The lowest BCUT2D eigenvalue weighted by molar-refractivity contribution is -0.148. The number of nitrogens with two attached hydrogens (primary N) is 1. The highest BCUT2D eigenvalue weighted by Crippen LogP contribution is 2.43. The Kier molecular flexibility index (Phi) is 2.70. The number of aromatic nitrogens is 1. The van der Waals surface area contributed by atoms with Crippen LogP contribution in [0.15, 0.2) is 18.2 Å². The van der Waals surface area contributed by atoms with Crippen LogP contribution in [0.1, 0.15) is 24.3 Å². The van der Waals surface area contributed by atoms with Gasteiger partial charge in [0.2, 0.25) is 0 Å². The lowest BCUT2D eigenvalue weighted by atomic mass is 9.71. The lowest BCUT2D eigenvalue weighted by Crippen LogP contribution is -2.29. The quantitative estimate of drug-likeness (QED) is 0.845. The van der Waals surface area contributed by atoms with Crippen molar-refractivity contribution in [3.05, 3.63) is 23.8 Å². The highest BCUT2D eigenvalue weighted by molar-refractivity contribution is 7.22. The molecule has 0 aliphatic heterocycles. The first-order valence-electron chi connectivity index (χ1n) is 5.91. The van der Waals surface area contributed by atoms with Gasteiger partial charge in [-0.1, -0.05) is 17.4 Å². The van der Waals surface area contributed by atoms with Gasteiger partial charge in [-0.3, -0.25) is 4.79 Å². The van der Waals surface area contributed by atoms with E-state index in [-0.39, 0.29) is 11.9 Å². The van der Waals surface area contributed by atoms with Crippen molar-refractivity contribution in [2.24, 2.45) is 5.92 Å². The molecular weight excluding hydrogens is 248 g/mol. The Balaban J connectivity index is 1.78. The van der Waals surface area contributed by atoms with Gasteiger partial charge in [0.05, 0.1) is 23.2 Å². The molecule has 1 aromatic heterocycles. The molecule has 2 aromatic rings. The zero-order valence-electron chi connectivity index (χ0n) is 10.1. The van der Waals surface area contributed by atoms with E-state index in [0.29, 0.717) is 11.0 Å². The molecule has 1 saturated carbocycles. The van der Waals surface area contributed by atoms with Crippen molar-refractivity contribution in [2.75, 3.05) is 12.8 Å². The van der Waals surface area contributed by atoms with Gasteiger partial charge in [-0.2, -0.15) is 0 Å². The Labute approximate surface area is 109 Å². The Hall–Kier alpha value is -1.62. The monoisotopic (exact) mass is 262 g/mol. The second-order valence-corrected chi connectivity index (χ2v) is 5.73. The first-order chi connectivity index (χ1) is 8.67. The van der Waals surface area contributed by atoms with Crippen LogP contribution in [0.25, 0.3) is 10.2 Å². The minimum absolute atomic E-state index is 0.0659. The molecule has 0 spiro atoms. The van der Waals surface area contributed by atoms with Crippen LogP contribution < -0.4 is 5.73 Å². The first kappa shape index (κ1) is 11.5. The summed E-state index contributed by atoms with van der Waals surface area (Å²) < 4.78 is 5.86. The van der Waals surface area contributed by atoms with Crippen LogP contribution in [0, 0.1) is 5.92 Å². The summed E-state index contributed by atoms with van der Waals surface area (Å²) in [7, 11) is 1.44. The molecule has 0 saturated heterocycles. The number of ether oxygens (including phenoxy) is 1. The number of hydrogen-bond acceptors (Lipinski definition) is 5.